The van der Waals surface area contributed by atoms with E-state index in [4.69, 9.17) is 5.11 Å². The summed E-state index contributed by atoms with van der Waals surface area (Å²) in [5.74, 6) is -1.40. The van der Waals surface area contributed by atoms with E-state index < -0.39 is 21.2 Å². The van der Waals surface area contributed by atoms with Crippen molar-refractivity contribution in [2.75, 3.05) is 24.6 Å². The van der Waals surface area contributed by atoms with Gasteiger partial charge in [-0.3, -0.25) is 4.79 Å². The Hall–Kier alpha value is -0.620. The van der Waals surface area contributed by atoms with E-state index in [2.05, 4.69) is 5.32 Å². The number of carboxylic acids is 1. The first kappa shape index (κ1) is 8.96. The Balaban J connectivity index is 2.41. The first-order valence-corrected chi connectivity index (χ1v) is 5.93. The standard InChI is InChI=1S/C7H11NO4S/c9-6(10)7-3-8-1-5(7)2-13(11,12)4-7/h5,8H,1-4H2,(H,9,10). The van der Waals surface area contributed by atoms with E-state index in [0.29, 0.717) is 6.54 Å². The van der Waals surface area contributed by atoms with Crippen LogP contribution < -0.4 is 5.32 Å². The average Bonchev–Trinajstić information content (AvgIpc) is 2.40. The third-order valence-electron chi connectivity index (χ3n) is 2.97. The fourth-order valence-corrected chi connectivity index (χ4v) is 4.68. The highest BCUT2D eigenvalue weighted by Crippen LogP contribution is 2.40. The third kappa shape index (κ3) is 1.16. The van der Waals surface area contributed by atoms with Gasteiger partial charge in [0.15, 0.2) is 9.84 Å². The molecule has 2 rings (SSSR count). The van der Waals surface area contributed by atoms with Crippen LogP contribution in [0.3, 0.4) is 0 Å². The minimum atomic E-state index is -3.13. The highest BCUT2D eigenvalue weighted by atomic mass is 32.2. The van der Waals surface area contributed by atoms with Crippen molar-refractivity contribution in [2.45, 2.75) is 0 Å². The van der Waals surface area contributed by atoms with Crippen LogP contribution in [0, 0.1) is 11.3 Å². The predicted octanol–water partition coefficient (Wildman–Crippen LogP) is -1.29. The van der Waals surface area contributed by atoms with Crippen LogP contribution >= 0.6 is 0 Å². The predicted molar refractivity (Wildman–Crippen MR) is 45.1 cm³/mol. The Morgan fingerprint density at radius 1 is 1.54 bits per heavy atom. The second-order valence-electron chi connectivity index (χ2n) is 3.84. The van der Waals surface area contributed by atoms with Crippen molar-refractivity contribution in [2.24, 2.45) is 11.3 Å². The Morgan fingerprint density at radius 3 is 2.77 bits per heavy atom. The molecule has 0 spiro atoms. The number of carboxylic acid groups (broad SMARTS) is 1. The maximum Gasteiger partial charge on any atom is 0.312 e. The summed E-state index contributed by atoms with van der Waals surface area (Å²) in [6.07, 6.45) is 0. The molecule has 74 valence electrons. The van der Waals surface area contributed by atoms with Crippen LogP contribution in [0.1, 0.15) is 0 Å². The van der Waals surface area contributed by atoms with Crippen LogP contribution in [0.4, 0.5) is 0 Å². The summed E-state index contributed by atoms with van der Waals surface area (Å²) in [6.45, 7) is 0.789. The molecular formula is C7H11NO4S. The summed E-state index contributed by atoms with van der Waals surface area (Å²) in [5.41, 5.74) is -1.04. The lowest BCUT2D eigenvalue weighted by molar-refractivity contribution is -0.147. The van der Waals surface area contributed by atoms with E-state index in [1.165, 1.54) is 0 Å². The topological polar surface area (TPSA) is 83.5 Å². The number of nitrogens with one attached hydrogen (secondary N) is 1. The lowest BCUT2D eigenvalue weighted by Crippen LogP contribution is -2.38. The van der Waals surface area contributed by atoms with Crippen molar-refractivity contribution >= 4 is 15.8 Å². The van der Waals surface area contributed by atoms with Gasteiger partial charge in [-0.1, -0.05) is 0 Å². The number of sulfone groups is 1. The molecule has 6 heteroatoms. The molecule has 0 saturated carbocycles. The molecule has 0 aromatic rings. The summed E-state index contributed by atoms with van der Waals surface area (Å²) in [7, 11) is -3.13. The minimum Gasteiger partial charge on any atom is -0.481 e. The fraction of sp³-hybridized carbons (Fsp3) is 0.857. The minimum absolute atomic E-state index is 0.0201. The summed E-state index contributed by atoms with van der Waals surface area (Å²) >= 11 is 0. The van der Waals surface area contributed by atoms with Crippen molar-refractivity contribution in [3.63, 3.8) is 0 Å². The second-order valence-corrected chi connectivity index (χ2v) is 5.95. The van der Waals surface area contributed by atoms with Crippen molar-refractivity contribution in [1.82, 2.24) is 5.32 Å². The molecule has 0 aromatic carbocycles. The summed E-state index contributed by atoms with van der Waals surface area (Å²) in [5, 5.41) is 11.9. The van der Waals surface area contributed by atoms with E-state index in [-0.39, 0.29) is 24.0 Å². The molecule has 2 aliphatic rings. The van der Waals surface area contributed by atoms with Crippen LogP contribution in [-0.2, 0) is 14.6 Å². The lowest BCUT2D eigenvalue weighted by atomic mass is 9.81. The van der Waals surface area contributed by atoms with Gasteiger partial charge >= 0.3 is 5.97 Å². The van der Waals surface area contributed by atoms with Gasteiger partial charge in [0.05, 0.1) is 16.9 Å². The Morgan fingerprint density at radius 2 is 2.23 bits per heavy atom. The second kappa shape index (κ2) is 2.45. The first-order chi connectivity index (χ1) is 5.96. The molecule has 2 saturated heterocycles. The third-order valence-corrected chi connectivity index (χ3v) is 4.84. The number of hydrogen-bond donors (Lipinski definition) is 2. The van der Waals surface area contributed by atoms with Gasteiger partial charge in [0, 0.05) is 19.0 Å². The number of rotatable bonds is 1. The molecule has 2 atom stereocenters. The molecule has 2 unspecified atom stereocenters. The van der Waals surface area contributed by atoms with Crippen molar-refractivity contribution in [3.05, 3.63) is 0 Å². The molecule has 2 N–H and O–H groups in total. The van der Waals surface area contributed by atoms with Crippen molar-refractivity contribution < 1.29 is 18.3 Å². The quantitative estimate of drug-likeness (QED) is 0.556. The van der Waals surface area contributed by atoms with Gasteiger partial charge in [0.1, 0.15) is 0 Å². The highest BCUT2D eigenvalue weighted by molar-refractivity contribution is 7.91. The zero-order valence-corrected chi connectivity index (χ0v) is 7.80. The molecule has 2 fully saturated rings. The van der Waals surface area contributed by atoms with Crippen LogP contribution in [0.25, 0.3) is 0 Å². The van der Waals surface area contributed by atoms with Crippen LogP contribution in [0.5, 0.6) is 0 Å². The monoisotopic (exact) mass is 205 g/mol. The molecule has 2 aliphatic heterocycles. The van der Waals surface area contributed by atoms with E-state index in [1.54, 1.807) is 0 Å². The largest absolute Gasteiger partial charge is 0.481 e. The lowest BCUT2D eigenvalue weighted by Gasteiger charge is -2.19. The molecule has 0 aliphatic carbocycles. The van der Waals surface area contributed by atoms with E-state index in [9.17, 15) is 13.2 Å². The Kier molecular flexibility index (Phi) is 1.69. The van der Waals surface area contributed by atoms with Gasteiger partial charge in [-0.15, -0.1) is 0 Å². The smallest absolute Gasteiger partial charge is 0.312 e. The molecule has 0 radical (unpaired) electrons. The maximum atomic E-state index is 11.3. The number of hydrogen-bond acceptors (Lipinski definition) is 4. The maximum absolute atomic E-state index is 11.3. The van der Waals surface area contributed by atoms with E-state index in [1.807, 2.05) is 0 Å². The van der Waals surface area contributed by atoms with Gasteiger partial charge in [-0.05, 0) is 0 Å². The average molecular weight is 205 g/mol. The zero-order valence-electron chi connectivity index (χ0n) is 6.99. The Bertz CT molecular complexity index is 350. The van der Waals surface area contributed by atoms with Crippen LogP contribution in [-0.4, -0.2) is 44.1 Å². The normalized spacial score (nSPS) is 41.7. The molecule has 13 heavy (non-hydrogen) atoms. The fourth-order valence-electron chi connectivity index (χ4n) is 2.27. The van der Waals surface area contributed by atoms with E-state index in [0.717, 1.165) is 0 Å². The first-order valence-electron chi connectivity index (χ1n) is 4.11. The number of fused-ring (bicyclic) bond motifs is 1. The highest BCUT2D eigenvalue weighted by Gasteiger charge is 2.58. The number of aliphatic carboxylic acids is 1. The molecular weight excluding hydrogens is 194 g/mol. The SMILES string of the molecule is O=C(O)C12CNCC1CS(=O)(=O)C2. The van der Waals surface area contributed by atoms with Gasteiger partial charge in [0.25, 0.3) is 0 Å². The zero-order chi connectivity index (χ0) is 9.69. The molecule has 0 amide bonds. The molecule has 0 aromatic heterocycles. The summed E-state index contributed by atoms with van der Waals surface area (Å²) < 4.78 is 22.5. The molecule has 0 bridgehead atoms. The molecule has 2 heterocycles. The molecule has 5 nitrogen and oxygen atoms in total. The van der Waals surface area contributed by atoms with Crippen molar-refractivity contribution in [3.8, 4) is 0 Å². The number of carbonyl (C=O) groups is 1. The van der Waals surface area contributed by atoms with E-state index >= 15 is 0 Å². The van der Waals surface area contributed by atoms with Crippen LogP contribution in [0.15, 0.2) is 0 Å². The van der Waals surface area contributed by atoms with Crippen molar-refractivity contribution in [1.29, 1.82) is 0 Å². The van der Waals surface area contributed by atoms with Gasteiger partial charge in [-0.25, -0.2) is 8.42 Å². The summed E-state index contributed by atoms with van der Waals surface area (Å²) in [6, 6.07) is 0. The Labute approximate surface area is 76.0 Å². The summed E-state index contributed by atoms with van der Waals surface area (Å²) in [4.78, 5) is 11.0. The van der Waals surface area contributed by atoms with Crippen LogP contribution in [0.2, 0.25) is 0 Å². The van der Waals surface area contributed by atoms with Gasteiger partial charge < -0.3 is 10.4 Å². The van der Waals surface area contributed by atoms with Gasteiger partial charge in [0.2, 0.25) is 0 Å². The van der Waals surface area contributed by atoms with Gasteiger partial charge in [-0.2, -0.15) is 0 Å².